The van der Waals surface area contributed by atoms with Gasteiger partial charge in [0.1, 0.15) is 0 Å². The van der Waals surface area contributed by atoms with E-state index in [0.29, 0.717) is 32.2 Å². The van der Waals surface area contributed by atoms with E-state index in [1.165, 1.54) is 0 Å². The molecule has 1 aliphatic rings. The Bertz CT molecular complexity index is 329. The third-order valence-corrected chi connectivity index (χ3v) is 2.90. The summed E-state index contributed by atoms with van der Waals surface area (Å²) in [6.07, 6.45) is 6.81. The van der Waals surface area contributed by atoms with Crippen LogP contribution in [0, 0.1) is 0 Å². The van der Waals surface area contributed by atoms with Crippen LogP contribution in [0.1, 0.15) is 44.9 Å². The molecule has 0 saturated heterocycles. The van der Waals surface area contributed by atoms with Crippen molar-refractivity contribution in [3.05, 3.63) is 11.8 Å². The highest BCUT2D eigenvalue weighted by molar-refractivity contribution is 5.76. The van der Waals surface area contributed by atoms with Gasteiger partial charge < -0.3 is 10.1 Å². The number of carbonyl (C=O) groups is 2. The first kappa shape index (κ1) is 15.5. The van der Waals surface area contributed by atoms with Crippen LogP contribution in [-0.4, -0.2) is 30.2 Å². The number of unbranched alkanes of at least 4 members (excludes halogenated alkanes) is 2. The van der Waals surface area contributed by atoms with Crippen molar-refractivity contribution in [1.29, 1.82) is 0 Å². The highest BCUT2D eigenvalue weighted by atomic mass is 16.5. The van der Waals surface area contributed by atoms with E-state index in [1.54, 1.807) is 5.48 Å². The van der Waals surface area contributed by atoms with E-state index < -0.39 is 0 Å². The normalized spacial score (nSPS) is 13.6. The fourth-order valence-corrected chi connectivity index (χ4v) is 1.84. The molecule has 0 fully saturated rings. The van der Waals surface area contributed by atoms with Crippen molar-refractivity contribution in [2.45, 2.75) is 44.9 Å². The number of hydrogen-bond acceptors (Lipinski definition) is 4. The molecule has 6 heteroatoms. The molecule has 0 unspecified atom stereocenters. The van der Waals surface area contributed by atoms with Crippen molar-refractivity contribution < 1.29 is 19.5 Å². The van der Waals surface area contributed by atoms with Gasteiger partial charge in [0.15, 0.2) is 0 Å². The third-order valence-electron chi connectivity index (χ3n) is 2.90. The third kappa shape index (κ3) is 7.46. The lowest BCUT2D eigenvalue weighted by molar-refractivity contribution is -0.129. The summed E-state index contributed by atoms with van der Waals surface area (Å²) in [6.45, 7) is 1.36. The average molecular weight is 270 g/mol. The number of ether oxygens (including phenoxy) is 1. The molecule has 2 amide bonds. The molecule has 0 saturated carbocycles. The second-order valence-electron chi connectivity index (χ2n) is 4.50. The Morgan fingerprint density at radius 2 is 2.05 bits per heavy atom. The van der Waals surface area contributed by atoms with Gasteiger partial charge in [0.25, 0.3) is 0 Å². The molecule has 0 aromatic carbocycles. The van der Waals surface area contributed by atoms with Crippen LogP contribution in [0.15, 0.2) is 11.8 Å². The Kier molecular flexibility index (Phi) is 7.65. The molecule has 1 heterocycles. The molecule has 0 spiro atoms. The van der Waals surface area contributed by atoms with Gasteiger partial charge in [-0.3, -0.25) is 14.8 Å². The van der Waals surface area contributed by atoms with Crippen molar-refractivity contribution in [3.63, 3.8) is 0 Å². The lowest BCUT2D eigenvalue weighted by Gasteiger charge is -2.06. The summed E-state index contributed by atoms with van der Waals surface area (Å²) in [5, 5.41) is 11.1. The fourth-order valence-electron chi connectivity index (χ4n) is 1.84. The van der Waals surface area contributed by atoms with Gasteiger partial charge in [0, 0.05) is 32.2 Å². The maximum absolute atomic E-state index is 11.5. The van der Waals surface area contributed by atoms with Gasteiger partial charge in [-0.2, -0.15) is 0 Å². The summed E-state index contributed by atoms with van der Waals surface area (Å²) in [4.78, 5) is 22.2. The van der Waals surface area contributed by atoms with Crippen LogP contribution < -0.4 is 10.8 Å². The van der Waals surface area contributed by atoms with Crippen LogP contribution in [0.25, 0.3) is 0 Å². The molecule has 1 aliphatic heterocycles. The molecular formula is C13H22N2O4. The fraction of sp³-hybridized carbons (Fsp3) is 0.692. The van der Waals surface area contributed by atoms with E-state index in [-0.39, 0.29) is 11.8 Å². The molecule has 0 bridgehead atoms. The lowest BCUT2D eigenvalue weighted by atomic mass is 10.2. The van der Waals surface area contributed by atoms with Gasteiger partial charge in [-0.15, -0.1) is 0 Å². The Hall–Kier alpha value is -1.56. The Balaban J connectivity index is 1.91. The van der Waals surface area contributed by atoms with Gasteiger partial charge in [-0.25, -0.2) is 5.48 Å². The molecule has 0 aromatic heterocycles. The van der Waals surface area contributed by atoms with Gasteiger partial charge in [0.2, 0.25) is 11.8 Å². The average Bonchev–Trinajstić information content (AvgIpc) is 2.93. The summed E-state index contributed by atoms with van der Waals surface area (Å²) in [5.74, 6) is 0.587. The van der Waals surface area contributed by atoms with Gasteiger partial charge >= 0.3 is 0 Å². The molecule has 6 nitrogen and oxygen atoms in total. The maximum atomic E-state index is 11.5. The Morgan fingerprint density at radius 3 is 2.74 bits per heavy atom. The van der Waals surface area contributed by atoms with Gasteiger partial charge in [-0.05, 0) is 18.9 Å². The predicted octanol–water partition coefficient (Wildman–Crippen LogP) is 1.25. The zero-order valence-electron chi connectivity index (χ0n) is 11.1. The second-order valence-corrected chi connectivity index (χ2v) is 4.50. The summed E-state index contributed by atoms with van der Waals surface area (Å²) in [7, 11) is 0. The molecule has 0 aromatic rings. The van der Waals surface area contributed by atoms with Crippen LogP contribution in [0.4, 0.5) is 0 Å². The van der Waals surface area contributed by atoms with Crippen molar-refractivity contribution in [1.82, 2.24) is 10.8 Å². The van der Waals surface area contributed by atoms with Crippen molar-refractivity contribution in [2.24, 2.45) is 0 Å². The monoisotopic (exact) mass is 270 g/mol. The van der Waals surface area contributed by atoms with Gasteiger partial charge in [-0.1, -0.05) is 6.42 Å². The van der Waals surface area contributed by atoms with Gasteiger partial charge in [0.05, 0.1) is 12.4 Å². The zero-order chi connectivity index (χ0) is 13.9. The molecule has 0 radical (unpaired) electrons. The molecular weight excluding hydrogens is 248 g/mol. The lowest BCUT2D eigenvalue weighted by Crippen LogP contribution is -2.24. The number of carbonyl (C=O) groups excluding carboxylic acids is 2. The SMILES string of the molecule is O=C(CCCCCNC(=O)CCC1=CCCO1)NO. The predicted molar refractivity (Wildman–Crippen MR) is 69.3 cm³/mol. The van der Waals surface area contributed by atoms with Crippen molar-refractivity contribution in [3.8, 4) is 0 Å². The number of hydroxylamine groups is 1. The van der Waals surface area contributed by atoms with Crippen molar-refractivity contribution >= 4 is 11.8 Å². The van der Waals surface area contributed by atoms with Crippen LogP contribution in [0.3, 0.4) is 0 Å². The van der Waals surface area contributed by atoms with Crippen LogP contribution in [0.5, 0.6) is 0 Å². The number of hydrogen-bond donors (Lipinski definition) is 3. The number of nitrogens with one attached hydrogen (secondary N) is 2. The smallest absolute Gasteiger partial charge is 0.243 e. The molecule has 1 rings (SSSR count). The highest BCUT2D eigenvalue weighted by Crippen LogP contribution is 2.14. The van der Waals surface area contributed by atoms with E-state index in [4.69, 9.17) is 9.94 Å². The minimum atomic E-state index is -0.367. The van der Waals surface area contributed by atoms with E-state index in [1.807, 2.05) is 6.08 Å². The maximum Gasteiger partial charge on any atom is 0.243 e. The molecule has 3 N–H and O–H groups in total. The van der Waals surface area contributed by atoms with Crippen LogP contribution in [-0.2, 0) is 14.3 Å². The topological polar surface area (TPSA) is 87.7 Å². The van der Waals surface area contributed by atoms with Crippen molar-refractivity contribution in [2.75, 3.05) is 13.2 Å². The second kappa shape index (κ2) is 9.38. The molecule has 108 valence electrons. The first-order valence-corrected chi connectivity index (χ1v) is 6.74. The van der Waals surface area contributed by atoms with Crippen LogP contribution in [0.2, 0.25) is 0 Å². The van der Waals surface area contributed by atoms with E-state index in [0.717, 1.165) is 31.6 Å². The minimum Gasteiger partial charge on any atom is -0.498 e. The molecule has 19 heavy (non-hydrogen) atoms. The zero-order valence-corrected chi connectivity index (χ0v) is 11.1. The van der Waals surface area contributed by atoms with E-state index in [9.17, 15) is 9.59 Å². The van der Waals surface area contributed by atoms with E-state index >= 15 is 0 Å². The summed E-state index contributed by atoms with van der Waals surface area (Å²) in [6, 6.07) is 0. The summed E-state index contributed by atoms with van der Waals surface area (Å²) < 4.78 is 5.32. The Labute approximate surface area is 113 Å². The first-order valence-electron chi connectivity index (χ1n) is 6.74. The number of rotatable bonds is 9. The molecule has 0 atom stereocenters. The summed E-state index contributed by atoms with van der Waals surface area (Å²) >= 11 is 0. The number of allylic oxidation sites excluding steroid dienone is 1. The first-order chi connectivity index (χ1) is 9.22. The standard InChI is InChI=1S/C13H22N2O4/c16-12(8-7-11-5-4-10-19-11)14-9-3-1-2-6-13(17)15-18/h5,18H,1-4,6-10H2,(H,14,16)(H,15,17). The minimum absolute atomic E-state index is 0.0319. The Morgan fingerprint density at radius 1 is 1.21 bits per heavy atom. The quantitative estimate of drug-likeness (QED) is 0.334. The number of amides is 2. The highest BCUT2D eigenvalue weighted by Gasteiger charge is 2.08. The van der Waals surface area contributed by atoms with E-state index in [2.05, 4.69) is 5.32 Å². The molecule has 0 aliphatic carbocycles. The largest absolute Gasteiger partial charge is 0.498 e. The van der Waals surface area contributed by atoms with Crippen LogP contribution >= 0.6 is 0 Å². The summed E-state index contributed by atoms with van der Waals surface area (Å²) in [5.41, 5.74) is 1.59.